The van der Waals surface area contributed by atoms with Gasteiger partial charge in [0.15, 0.2) is 11.5 Å². The van der Waals surface area contributed by atoms with Gasteiger partial charge in [-0.15, -0.1) is 0 Å². The van der Waals surface area contributed by atoms with E-state index in [1.54, 1.807) is 18.6 Å². The molecule has 0 bridgehead atoms. The van der Waals surface area contributed by atoms with E-state index in [0.29, 0.717) is 19.8 Å². The number of nitrogens with zero attached hydrogens (tertiary/aromatic N) is 3. The first-order valence-electron chi connectivity index (χ1n) is 9.47. The minimum atomic E-state index is 0.0401. The van der Waals surface area contributed by atoms with Crippen molar-refractivity contribution in [1.29, 1.82) is 0 Å². The number of amides is 1. The molecule has 2 aliphatic heterocycles. The van der Waals surface area contributed by atoms with Gasteiger partial charge >= 0.3 is 0 Å². The number of piperidine rings is 1. The second-order valence-corrected chi connectivity index (χ2v) is 6.87. The second kappa shape index (κ2) is 8.24. The van der Waals surface area contributed by atoms with Gasteiger partial charge in [0.1, 0.15) is 5.82 Å². The fraction of sp³-hybridized carbons (Fsp3) is 0.450. The summed E-state index contributed by atoms with van der Waals surface area (Å²) in [5, 5.41) is 3.06. The Morgan fingerprint density at radius 3 is 2.74 bits per heavy atom. The minimum absolute atomic E-state index is 0.0401. The third kappa shape index (κ3) is 4.30. The number of ether oxygens (including phenoxy) is 2. The maximum atomic E-state index is 12.5. The lowest BCUT2D eigenvalue weighted by atomic mass is 9.96. The molecule has 0 spiro atoms. The summed E-state index contributed by atoms with van der Waals surface area (Å²) in [5.74, 6) is 2.57. The molecule has 4 rings (SSSR count). The Balaban J connectivity index is 1.28. The first kappa shape index (κ1) is 17.6. The molecule has 0 saturated carbocycles. The summed E-state index contributed by atoms with van der Waals surface area (Å²) >= 11 is 0. The average molecular weight is 368 g/mol. The van der Waals surface area contributed by atoms with Gasteiger partial charge in [0.2, 0.25) is 5.91 Å². The zero-order chi connectivity index (χ0) is 18.5. The molecular formula is C20H24N4O3. The van der Waals surface area contributed by atoms with Gasteiger partial charge in [-0.25, -0.2) is 4.98 Å². The van der Waals surface area contributed by atoms with E-state index in [9.17, 15) is 4.79 Å². The SMILES string of the molecule is O=C(NCc1ccc2c(c1)OCCCO2)C1CCN(c2cnccn2)CC1. The van der Waals surface area contributed by atoms with Crippen LogP contribution in [0.5, 0.6) is 11.5 Å². The van der Waals surface area contributed by atoms with Crippen LogP contribution in [0, 0.1) is 5.92 Å². The zero-order valence-electron chi connectivity index (χ0n) is 15.3. The molecule has 1 N–H and O–H groups in total. The summed E-state index contributed by atoms with van der Waals surface area (Å²) in [6, 6.07) is 5.85. The highest BCUT2D eigenvalue weighted by Crippen LogP contribution is 2.30. The molecule has 3 heterocycles. The molecule has 1 amide bonds. The Labute approximate surface area is 158 Å². The minimum Gasteiger partial charge on any atom is -0.490 e. The molecule has 7 heteroatoms. The topological polar surface area (TPSA) is 76.6 Å². The summed E-state index contributed by atoms with van der Waals surface area (Å²) < 4.78 is 11.4. The van der Waals surface area contributed by atoms with Crippen molar-refractivity contribution in [1.82, 2.24) is 15.3 Å². The Kier molecular flexibility index (Phi) is 5.37. The highest BCUT2D eigenvalue weighted by Gasteiger charge is 2.25. The van der Waals surface area contributed by atoms with Crippen LogP contribution < -0.4 is 19.7 Å². The van der Waals surface area contributed by atoms with Crippen LogP contribution in [0.1, 0.15) is 24.8 Å². The predicted octanol–water partition coefficient (Wildman–Crippen LogP) is 2.17. The molecule has 0 unspecified atom stereocenters. The molecule has 2 aliphatic rings. The Morgan fingerprint density at radius 2 is 1.96 bits per heavy atom. The van der Waals surface area contributed by atoms with E-state index < -0.39 is 0 Å². The first-order valence-corrected chi connectivity index (χ1v) is 9.47. The largest absolute Gasteiger partial charge is 0.490 e. The number of hydrogen-bond acceptors (Lipinski definition) is 6. The summed E-state index contributed by atoms with van der Waals surface area (Å²) in [7, 11) is 0. The van der Waals surface area contributed by atoms with Crippen LogP contribution in [-0.4, -0.2) is 42.2 Å². The molecule has 0 radical (unpaired) electrons. The van der Waals surface area contributed by atoms with Crippen LogP contribution in [-0.2, 0) is 11.3 Å². The Bertz CT molecular complexity index is 776. The van der Waals surface area contributed by atoms with Crippen molar-refractivity contribution < 1.29 is 14.3 Å². The summed E-state index contributed by atoms with van der Waals surface area (Å²) in [4.78, 5) is 23.2. The van der Waals surface area contributed by atoms with Crippen molar-refractivity contribution in [2.45, 2.75) is 25.8 Å². The van der Waals surface area contributed by atoms with E-state index in [1.807, 2.05) is 18.2 Å². The van der Waals surface area contributed by atoms with Gasteiger partial charge in [0, 0.05) is 44.4 Å². The van der Waals surface area contributed by atoms with Gasteiger partial charge in [0.05, 0.1) is 19.4 Å². The third-order valence-electron chi connectivity index (χ3n) is 5.02. The molecule has 2 aromatic rings. The van der Waals surface area contributed by atoms with E-state index in [4.69, 9.17) is 9.47 Å². The quantitative estimate of drug-likeness (QED) is 0.891. The number of carbonyl (C=O) groups is 1. The van der Waals surface area contributed by atoms with E-state index in [1.165, 1.54) is 0 Å². The second-order valence-electron chi connectivity index (χ2n) is 6.87. The number of carbonyl (C=O) groups excluding carboxylic acids is 1. The normalized spacial score (nSPS) is 17.3. The maximum Gasteiger partial charge on any atom is 0.223 e. The average Bonchev–Trinajstić information content (AvgIpc) is 2.98. The van der Waals surface area contributed by atoms with Crippen LogP contribution in [0.4, 0.5) is 5.82 Å². The molecule has 1 aromatic carbocycles. The number of rotatable bonds is 4. The molecule has 142 valence electrons. The van der Waals surface area contributed by atoms with Gasteiger partial charge < -0.3 is 19.7 Å². The smallest absolute Gasteiger partial charge is 0.223 e. The molecule has 27 heavy (non-hydrogen) atoms. The summed E-state index contributed by atoms with van der Waals surface area (Å²) in [6.45, 7) is 3.48. The van der Waals surface area contributed by atoms with Crippen LogP contribution in [0.3, 0.4) is 0 Å². The number of benzene rings is 1. The van der Waals surface area contributed by atoms with E-state index >= 15 is 0 Å². The molecule has 0 atom stereocenters. The first-order chi connectivity index (χ1) is 13.3. The van der Waals surface area contributed by atoms with E-state index in [2.05, 4.69) is 20.2 Å². The molecular weight excluding hydrogens is 344 g/mol. The lowest BCUT2D eigenvalue weighted by molar-refractivity contribution is -0.125. The molecule has 1 aromatic heterocycles. The van der Waals surface area contributed by atoms with Gasteiger partial charge in [-0.2, -0.15) is 0 Å². The van der Waals surface area contributed by atoms with Crippen LogP contribution >= 0.6 is 0 Å². The van der Waals surface area contributed by atoms with E-state index in [0.717, 1.165) is 55.2 Å². The monoisotopic (exact) mass is 368 g/mol. The van der Waals surface area contributed by atoms with Gasteiger partial charge in [-0.05, 0) is 30.5 Å². The lowest BCUT2D eigenvalue weighted by Gasteiger charge is -2.31. The van der Waals surface area contributed by atoms with Crippen molar-refractivity contribution in [2.24, 2.45) is 5.92 Å². The molecule has 1 saturated heterocycles. The number of hydrogen-bond donors (Lipinski definition) is 1. The lowest BCUT2D eigenvalue weighted by Crippen LogP contribution is -2.40. The maximum absolute atomic E-state index is 12.5. The highest BCUT2D eigenvalue weighted by molar-refractivity contribution is 5.79. The predicted molar refractivity (Wildman–Crippen MR) is 101 cm³/mol. The molecule has 7 nitrogen and oxygen atoms in total. The van der Waals surface area contributed by atoms with Crippen molar-refractivity contribution in [2.75, 3.05) is 31.2 Å². The van der Waals surface area contributed by atoms with Crippen molar-refractivity contribution in [3.05, 3.63) is 42.4 Å². The van der Waals surface area contributed by atoms with Crippen molar-refractivity contribution in [3.63, 3.8) is 0 Å². The van der Waals surface area contributed by atoms with Gasteiger partial charge in [-0.3, -0.25) is 9.78 Å². The van der Waals surface area contributed by atoms with Crippen LogP contribution in [0.25, 0.3) is 0 Å². The van der Waals surface area contributed by atoms with Crippen molar-refractivity contribution in [3.8, 4) is 11.5 Å². The fourth-order valence-electron chi connectivity index (χ4n) is 3.48. The standard InChI is InChI=1S/C20H24N4O3/c25-20(16-4-8-24(9-5-16)19-14-21-6-7-22-19)23-13-15-2-3-17-18(12-15)27-11-1-10-26-17/h2-3,6-7,12,14,16H,1,4-5,8-11,13H2,(H,23,25). The molecule has 0 aliphatic carbocycles. The van der Waals surface area contributed by atoms with Crippen molar-refractivity contribution >= 4 is 11.7 Å². The van der Waals surface area contributed by atoms with E-state index in [-0.39, 0.29) is 11.8 Å². The number of fused-ring (bicyclic) bond motifs is 1. The number of anilines is 1. The van der Waals surface area contributed by atoms with Gasteiger partial charge in [-0.1, -0.05) is 6.07 Å². The summed E-state index contributed by atoms with van der Waals surface area (Å²) in [6.07, 6.45) is 7.67. The third-order valence-corrected chi connectivity index (χ3v) is 5.02. The molecule has 1 fully saturated rings. The van der Waals surface area contributed by atoms with Gasteiger partial charge in [0.25, 0.3) is 0 Å². The summed E-state index contributed by atoms with van der Waals surface area (Å²) in [5.41, 5.74) is 1.02. The number of aromatic nitrogens is 2. The number of nitrogens with one attached hydrogen (secondary N) is 1. The van der Waals surface area contributed by atoms with Crippen LogP contribution in [0.2, 0.25) is 0 Å². The zero-order valence-corrected chi connectivity index (χ0v) is 15.3. The Hall–Kier alpha value is -2.83. The Morgan fingerprint density at radius 1 is 1.15 bits per heavy atom. The fourth-order valence-corrected chi connectivity index (χ4v) is 3.48. The van der Waals surface area contributed by atoms with Crippen LogP contribution in [0.15, 0.2) is 36.8 Å². The highest BCUT2D eigenvalue weighted by atomic mass is 16.5.